The zero-order valence-electron chi connectivity index (χ0n) is 16.6. The molecule has 148 valence electrons. The highest BCUT2D eigenvalue weighted by Gasteiger charge is 2.33. The quantitative estimate of drug-likeness (QED) is 0.586. The molecule has 5 heteroatoms. The normalized spacial score (nSPS) is 15.4. The molecule has 0 spiro atoms. The SMILES string of the molecule is CCCOc1cc(OC)cc2c1-c1c(OCCN3CCCC3)cccc1C2=O. The molecular weight excluding hydrogens is 354 g/mol. The highest BCUT2D eigenvalue weighted by atomic mass is 16.5. The van der Waals surface area contributed by atoms with Gasteiger partial charge >= 0.3 is 0 Å². The largest absolute Gasteiger partial charge is 0.497 e. The third-order valence-corrected chi connectivity index (χ3v) is 5.40. The lowest BCUT2D eigenvalue weighted by Crippen LogP contribution is -2.25. The predicted molar refractivity (Wildman–Crippen MR) is 109 cm³/mol. The van der Waals surface area contributed by atoms with Crippen molar-refractivity contribution in [3.63, 3.8) is 0 Å². The Kier molecular flexibility index (Phi) is 5.53. The van der Waals surface area contributed by atoms with Crippen LogP contribution in [0.3, 0.4) is 0 Å². The van der Waals surface area contributed by atoms with Crippen molar-refractivity contribution in [2.45, 2.75) is 26.2 Å². The maximum Gasteiger partial charge on any atom is 0.194 e. The molecule has 0 saturated carbocycles. The Morgan fingerprint density at radius 2 is 1.71 bits per heavy atom. The Morgan fingerprint density at radius 3 is 2.46 bits per heavy atom. The summed E-state index contributed by atoms with van der Waals surface area (Å²) in [5.74, 6) is 2.05. The third kappa shape index (κ3) is 3.47. The number of fused-ring (bicyclic) bond motifs is 3. The van der Waals surface area contributed by atoms with Crippen molar-refractivity contribution in [3.8, 4) is 28.4 Å². The second-order valence-corrected chi connectivity index (χ2v) is 7.30. The van der Waals surface area contributed by atoms with Crippen LogP contribution in [0, 0.1) is 0 Å². The summed E-state index contributed by atoms with van der Waals surface area (Å²) in [6.07, 6.45) is 3.42. The molecule has 0 atom stereocenters. The molecule has 0 unspecified atom stereocenters. The summed E-state index contributed by atoms with van der Waals surface area (Å²) in [6.45, 7) is 6.46. The lowest BCUT2D eigenvalue weighted by atomic mass is 10.0. The van der Waals surface area contributed by atoms with E-state index >= 15 is 0 Å². The maximum atomic E-state index is 13.0. The highest BCUT2D eigenvalue weighted by molar-refractivity contribution is 6.23. The number of methoxy groups -OCH3 is 1. The maximum absolute atomic E-state index is 13.0. The van der Waals surface area contributed by atoms with Crippen molar-refractivity contribution in [1.82, 2.24) is 4.90 Å². The van der Waals surface area contributed by atoms with Crippen molar-refractivity contribution in [2.24, 2.45) is 0 Å². The number of carbonyl (C=O) groups is 1. The van der Waals surface area contributed by atoms with Gasteiger partial charge in [-0.3, -0.25) is 9.69 Å². The van der Waals surface area contributed by atoms with Gasteiger partial charge in [-0.1, -0.05) is 19.1 Å². The van der Waals surface area contributed by atoms with Gasteiger partial charge in [-0.25, -0.2) is 0 Å². The van der Waals surface area contributed by atoms with Crippen molar-refractivity contribution in [2.75, 3.05) is 40.0 Å². The zero-order chi connectivity index (χ0) is 19.5. The van der Waals surface area contributed by atoms with Gasteiger partial charge in [0.15, 0.2) is 5.78 Å². The van der Waals surface area contributed by atoms with E-state index < -0.39 is 0 Å². The number of ketones is 1. The summed E-state index contributed by atoms with van der Waals surface area (Å²) >= 11 is 0. The van der Waals surface area contributed by atoms with Crippen LogP contribution in [-0.4, -0.2) is 50.6 Å². The van der Waals surface area contributed by atoms with E-state index in [-0.39, 0.29) is 5.78 Å². The first-order valence-corrected chi connectivity index (χ1v) is 10.1. The van der Waals surface area contributed by atoms with Crippen LogP contribution in [0.25, 0.3) is 11.1 Å². The van der Waals surface area contributed by atoms with Crippen molar-refractivity contribution < 1.29 is 19.0 Å². The fourth-order valence-corrected chi connectivity index (χ4v) is 4.01. The molecule has 1 saturated heterocycles. The highest BCUT2D eigenvalue weighted by Crippen LogP contribution is 2.49. The van der Waals surface area contributed by atoms with Crippen LogP contribution in [0.4, 0.5) is 0 Å². The number of rotatable bonds is 8. The molecule has 1 fully saturated rings. The Morgan fingerprint density at radius 1 is 0.964 bits per heavy atom. The fraction of sp³-hybridized carbons (Fsp3) is 0.435. The van der Waals surface area contributed by atoms with Crippen molar-refractivity contribution >= 4 is 5.78 Å². The van der Waals surface area contributed by atoms with Gasteiger partial charge in [0.25, 0.3) is 0 Å². The average Bonchev–Trinajstić information content (AvgIpc) is 3.33. The second-order valence-electron chi connectivity index (χ2n) is 7.30. The number of nitrogens with zero attached hydrogens (tertiary/aromatic N) is 1. The molecule has 2 aliphatic rings. The summed E-state index contributed by atoms with van der Waals surface area (Å²) in [5, 5.41) is 0. The smallest absolute Gasteiger partial charge is 0.194 e. The molecule has 0 amide bonds. The molecule has 1 aliphatic heterocycles. The fourth-order valence-electron chi connectivity index (χ4n) is 4.01. The number of hydrogen-bond acceptors (Lipinski definition) is 5. The molecule has 1 aliphatic carbocycles. The first-order chi connectivity index (χ1) is 13.7. The van der Waals surface area contributed by atoms with Crippen LogP contribution in [-0.2, 0) is 0 Å². The minimum absolute atomic E-state index is 0.00441. The lowest BCUT2D eigenvalue weighted by Gasteiger charge is -2.17. The Balaban J connectivity index is 1.68. The number of hydrogen-bond donors (Lipinski definition) is 0. The number of benzene rings is 2. The first-order valence-electron chi connectivity index (χ1n) is 10.1. The van der Waals surface area contributed by atoms with E-state index in [9.17, 15) is 4.79 Å². The number of ether oxygens (including phenoxy) is 3. The van der Waals surface area contributed by atoms with Crippen LogP contribution < -0.4 is 14.2 Å². The van der Waals surface area contributed by atoms with Crippen LogP contribution in [0.5, 0.6) is 17.2 Å². The Bertz CT molecular complexity index is 871. The first kappa shape index (κ1) is 18.8. The number of carbonyl (C=O) groups excluding carboxylic acids is 1. The topological polar surface area (TPSA) is 48.0 Å². The summed E-state index contributed by atoms with van der Waals surface area (Å²) in [5.41, 5.74) is 2.96. The van der Waals surface area contributed by atoms with Crippen molar-refractivity contribution in [3.05, 3.63) is 41.5 Å². The van der Waals surface area contributed by atoms with E-state index in [4.69, 9.17) is 14.2 Å². The lowest BCUT2D eigenvalue weighted by molar-refractivity contribution is 0.104. The van der Waals surface area contributed by atoms with Gasteiger partial charge in [0.1, 0.15) is 23.9 Å². The van der Waals surface area contributed by atoms with E-state index in [2.05, 4.69) is 11.8 Å². The molecule has 2 aromatic rings. The summed E-state index contributed by atoms with van der Waals surface area (Å²) in [7, 11) is 1.60. The second kappa shape index (κ2) is 8.23. The molecule has 0 radical (unpaired) electrons. The van der Waals surface area contributed by atoms with E-state index in [0.717, 1.165) is 42.9 Å². The monoisotopic (exact) mass is 381 g/mol. The number of likely N-dealkylation sites (tertiary alicyclic amines) is 1. The Labute approximate surface area is 166 Å². The van der Waals surface area contributed by atoms with Gasteiger partial charge in [-0.2, -0.15) is 0 Å². The molecular formula is C23H27NO4. The van der Waals surface area contributed by atoms with Crippen LogP contribution in [0.2, 0.25) is 0 Å². The van der Waals surface area contributed by atoms with Gasteiger partial charge in [0.05, 0.1) is 13.7 Å². The van der Waals surface area contributed by atoms with Crippen LogP contribution >= 0.6 is 0 Å². The van der Waals surface area contributed by atoms with Gasteiger partial charge in [0.2, 0.25) is 0 Å². The van der Waals surface area contributed by atoms with E-state index in [1.54, 1.807) is 13.2 Å². The standard InChI is InChI=1S/C23H27NO4/c1-3-12-27-20-15-16(26-2)14-18-22(20)21-17(23(18)25)7-6-8-19(21)28-13-11-24-9-4-5-10-24/h6-8,14-15H,3-5,9-13H2,1-2H3. The Hall–Kier alpha value is -2.53. The average molecular weight is 381 g/mol. The van der Waals surface area contributed by atoms with Crippen LogP contribution in [0.1, 0.15) is 42.1 Å². The van der Waals surface area contributed by atoms with Gasteiger partial charge in [-0.05, 0) is 44.5 Å². The van der Waals surface area contributed by atoms with E-state index in [1.807, 2.05) is 24.3 Å². The predicted octanol–water partition coefficient (Wildman–Crippen LogP) is 4.17. The third-order valence-electron chi connectivity index (χ3n) is 5.40. The molecule has 1 heterocycles. The minimum Gasteiger partial charge on any atom is -0.497 e. The molecule has 0 aromatic heterocycles. The summed E-state index contributed by atoms with van der Waals surface area (Å²) in [6, 6.07) is 9.35. The zero-order valence-corrected chi connectivity index (χ0v) is 16.6. The van der Waals surface area contributed by atoms with Crippen molar-refractivity contribution in [1.29, 1.82) is 0 Å². The molecule has 28 heavy (non-hydrogen) atoms. The molecule has 0 bridgehead atoms. The van der Waals surface area contributed by atoms with Gasteiger partial charge in [0, 0.05) is 34.9 Å². The van der Waals surface area contributed by atoms with Gasteiger partial charge < -0.3 is 14.2 Å². The van der Waals surface area contributed by atoms with E-state index in [0.29, 0.717) is 35.8 Å². The molecule has 2 aromatic carbocycles. The molecule has 5 nitrogen and oxygen atoms in total. The van der Waals surface area contributed by atoms with Crippen LogP contribution in [0.15, 0.2) is 30.3 Å². The minimum atomic E-state index is -0.00441. The van der Waals surface area contributed by atoms with Gasteiger partial charge in [-0.15, -0.1) is 0 Å². The molecule has 0 N–H and O–H groups in total. The molecule has 4 rings (SSSR count). The summed E-state index contributed by atoms with van der Waals surface area (Å²) < 4.78 is 17.5. The van der Waals surface area contributed by atoms with E-state index in [1.165, 1.54) is 12.8 Å². The summed E-state index contributed by atoms with van der Waals surface area (Å²) in [4.78, 5) is 15.5.